The second kappa shape index (κ2) is 4.88. The smallest absolute Gasteiger partial charge is 0.130 e. The Hall–Kier alpha value is -1.02. The van der Waals surface area contributed by atoms with Crippen LogP contribution < -0.4 is 4.90 Å². The number of nitrogens with zero attached hydrogens (tertiary/aromatic N) is 2. The lowest BCUT2D eigenvalue weighted by atomic mass is 10.0. The number of hydrogen-bond donors (Lipinski definition) is 0. The lowest BCUT2D eigenvalue weighted by molar-refractivity contribution is 0.444. The van der Waals surface area contributed by atoms with Gasteiger partial charge in [0.25, 0.3) is 0 Å². The molecule has 1 fully saturated rings. The Morgan fingerprint density at radius 2 is 2.38 bits per heavy atom. The van der Waals surface area contributed by atoms with Crippen LogP contribution in [0.15, 0.2) is 18.7 Å². The van der Waals surface area contributed by atoms with E-state index < -0.39 is 0 Å². The van der Waals surface area contributed by atoms with E-state index in [1.54, 1.807) is 6.08 Å². The Bertz CT molecular complexity index is 390. The molecule has 1 atom stereocenters. The normalized spacial score (nSPS) is 20.9. The number of piperidine rings is 1. The van der Waals surface area contributed by atoms with E-state index in [4.69, 9.17) is 11.6 Å². The number of halogens is 1. The molecule has 0 radical (unpaired) electrons. The summed E-state index contributed by atoms with van der Waals surface area (Å²) in [7, 11) is 0. The maximum atomic E-state index is 6.07. The van der Waals surface area contributed by atoms with Crippen LogP contribution in [0.25, 0.3) is 6.08 Å². The van der Waals surface area contributed by atoms with Crippen molar-refractivity contribution in [3.63, 3.8) is 0 Å². The number of rotatable bonds is 2. The van der Waals surface area contributed by atoms with Crippen LogP contribution in [0, 0.1) is 5.92 Å². The molecular formula is C13H17ClN2. The summed E-state index contributed by atoms with van der Waals surface area (Å²) in [4.78, 5) is 6.85. The van der Waals surface area contributed by atoms with Gasteiger partial charge in [0.05, 0.1) is 5.69 Å². The molecule has 86 valence electrons. The lowest BCUT2D eigenvalue weighted by Gasteiger charge is -2.32. The molecular weight excluding hydrogens is 220 g/mol. The molecule has 3 heteroatoms. The van der Waals surface area contributed by atoms with Gasteiger partial charge in [0.1, 0.15) is 5.82 Å². The van der Waals surface area contributed by atoms with Crippen molar-refractivity contribution >= 4 is 23.5 Å². The summed E-state index contributed by atoms with van der Waals surface area (Å²) in [5.74, 6) is 1.72. The first-order chi connectivity index (χ1) is 7.69. The van der Waals surface area contributed by atoms with Crippen molar-refractivity contribution in [1.82, 2.24) is 4.98 Å². The molecule has 2 nitrogen and oxygen atoms in total. The molecule has 0 amide bonds. The highest BCUT2D eigenvalue weighted by Crippen LogP contribution is 2.24. The van der Waals surface area contributed by atoms with Crippen molar-refractivity contribution in [3.05, 3.63) is 29.4 Å². The zero-order valence-electron chi connectivity index (χ0n) is 9.62. The summed E-state index contributed by atoms with van der Waals surface area (Å²) in [6.45, 7) is 8.17. The number of pyridine rings is 1. The Balaban J connectivity index is 2.24. The van der Waals surface area contributed by atoms with Crippen LogP contribution in [0.1, 0.15) is 25.5 Å². The molecule has 0 aromatic carbocycles. The predicted molar refractivity (Wildman–Crippen MR) is 69.9 cm³/mol. The van der Waals surface area contributed by atoms with Gasteiger partial charge in [-0.05, 0) is 37.0 Å². The van der Waals surface area contributed by atoms with E-state index in [-0.39, 0.29) is 0 Å². The van der Waals surface area contributed by atoms with Crippen LogP contribution >= 0.6 is 11.6 Å². The molecule has 0 N–H and O–H groups in total. The third-order valence-electron chi connectivity index (χ3n) is 2.99. The van der Waals surface area contributed by atoms with Crippen LogP contribution in [0.4, 0.5) is 5.82 Å². The van der Waals surface area contributed by atoms with Gasteiger partial charge >= 0.3 is 0 Å². The average molecular weight is 237 g/mol. The van der Waals surface area contributed by atoms with E-state index in [2.05, 4.69) is 23.4 Å². The predicted octanol–water partition coefficient (Wildman–Crippen LogP) is 3.61. The zero-order valence-corrected chi connectivity index (χ0v) is 10.4. The van der Waals surface area contributed by atoms with E-state index in [1.807, 2.05) is 12.1 Å². The Morgan fingerprint density at radius 3 is 3.06 bits per heavy atom. The molecule has 0 spiro atoms. The first-order valence-electron chi connectivity index (χ1n) is 5.74. The summed E-state index contributed by atoms with van der Waals surface area (Å²) in [6.07, 6.45) is 4.28. The molecule has 2 rings (SSSR count). The standard InChI is InChI=1S/C13H17ClN2/c1-3-12-7-11(14)8-13(15-12)16-6-4-5-10(2)9-16/h3,7-8,10H,1,4-6,9H2,2H3. The SMILES string of the molecule is C=Cc1cc(Cl)cc(N2CCCC(C)C2)n1. The molecule has 1 unspecified atom stereocenters. The molecule has 2 heterocycles. The zero-order chi connectivity index (χ0) is 11.5. The van der Waals surface area contributed by atoms with Crippen molar-refractivity contribution in [1.29, 1.82) is 0 Å². The van der Waals surface area contributed by atoms with E-state index in [0.717, 1.165) is 35.5 Å². The Morgan fingerprint density at radius 1 is 1.56 bits per heavy atom. The average Bonchev–Trinajstić information content (AvgIpc) is 2.28. The van der Waals surface area contributed by atoms with Gasteiger partial charge in [-0.15, -0.1) is 0 Å². The third kappa shape index (κ3) is 2.56. The van der Waals surface area contributed by atoms with Gasteiger partial charge in [0.15, 0.2) is 0 Å². The van der Waals surface area contributed by atoms with Gasteiger partial charge in [-0.25, -0.2) is 4.98 Å². The van der Waals surface area contributed by atoms with E-state index >= 15 is 0 Å². The fourth-order valence-corrected chi connectivity index (χ4v) is 2.38. The summed E-state index contributed by atoms with van der Waals surface area (Å²) in [5, 5.41) is 0.734. The third-order valence-corrected chi connectivity index (χ3v) is 3.20. The Labute approximate surface area is 102 Å². The molecule has 1 aliphatic heterocycles. The van der Waals surface area contributed by atoms with E-state index in [9.17, 15) is 0 Å². The number of hydrogen-bond acceptors (Lipinski definition) is 2. The fraction of sp³-hybridized carbons (Fsp3) is 0.462. The minimum absolute atomic E-state index is 0.734. The van der Waals surface area contributed by atoms with Crippen molar-refractivity contribution in [3.8, 4) is 0 Å². The van der Waals surface area contributed by atoms with Crippen LogP contribution in [-0.2, 0) is 0 Å². The monoisotopic (exact) mass is 236 g/mol. The van der Waals surface area contributed by atoms with Gasteiger partial charge in [0, 0.05) is 18.1 Å². The van der Waals surface area contributed by atoms with Gasteiger partial charge in [-0.1, -0.05) is 25.1 Å². The van der Waals surface area contributed by atoms with E-state index in [0.29, 0.717) is 0 Å². The highest BCUT2D eigenvalue weighted by molar-refractivity contribution is 6.30. The molecule has 1 aromatic heterocycles. The minimum Gasteiger partial charge on any atom is -0.356 e. The summed E-state index contributed by atoms with van der Waals surface area (Å²) < 4.78 is 0. The Kier molecular flexibility index (Phi) is 3.49. The van der Waals surface area contributed by atoms with Crippen LogP contribution in [0.2, 0.25) is 5.02 Å². The van der Waals surface area contributed by atoms with Crippen molar-refractivity contribution in [2.75, 3.05) is 18.0 Å². The van der Waals surface area contributed by atoms with Gasteiger partial charge < -0.3 is 4.90 Å². The lowest BCUT2D eigenvalue weighted by Crippen LogP contribution is -2.34. The molecule has 1 saturated heterocycles. The van der Waals surface area contributed by atoms with Crippen molar-refractivity contribution in [2.45, 2.75) is 19.8 Å². The molecule has 16 heavy (non-hydrogen) atoms. The summed E-state index contributed by atoms with van der Waals surface area (Å²) in [5.41, 5.74) is 0.848. The molecule has 1 aromatic rings. The second-order valence-electron chi connectivity index (χ2n) is 4.47. The minimum atomic E-state index is 0.734. The van der Waals surface area contributed by atoms with E-state index in [1.165, 1.54) is 12.8 Å². The second-order valence-corrected chi connectivity index (χ2v) is 4.90. The largest absolute Gasteiger partial charge is 0.356 e. The fourth-order valence-electron chi connectivity index (χ4n) is 2.17. The molecule has 0 bridgehead atoms. The topological polar surface area (TPSA) is 16.1 Å². The molecule has 0 saturated carbocycles. The molecule has 0 aliphatic carbocycles. The maximum absolute atomic E-state index is 6.07. The van der Waals surface area contributed by atoms with Gasteiger partial charge in [-0.3, -0.25) is 0 Å². The number of aromatic nitrogens is 1. The highest BCUT2D eigenvalue weighted by Gasteiger charge is 2.17. The highest BCUT2D eigenvalue weighted by atomic mass is 35.5. The van der Waals surface area contributed by atoms with Crippen LogP contribution in [0.3, 0.4) is 0 Å². The quantitative estimate of drug-likeness (QED) is 0.780. The van der Waals surface area contributed by atoms with Gasteiger partial charge in [0.2, 0.25) is 0 Å². The maximum Gasteiger partial charge on any atom is 0.130 e. The van der Waals surface area contributed by atoms with Crippen LogP contribution in [0.5, 0.6) is 0 Å². The van der Waals surface area contributed by atoms with Gasteiger partial charge in [-0.2, -0.15) is 0 Å². The first kappa shape index (κ1) is 11.5. The summed E-state index contributed by atoms with van der Waals surface area (Å²) >= 11 is 6.07. The summed E-state index contributed by atoms with van der Waals surface area (Å²) in [6, 6.07) is 3.78. The van der Waals surface area contributed by atoms with Crippen molar-refractivity contribution in [2.24, 2.45) is 5.92 Å². The first-order valence-corrected chi connectivity index (χ1v) is 6.12. The van der Waals surface area contributed by atoms with Crippen LogP contribution in [-0.4, -0.2) is 18.1 Å². The molecule has 1 aliphatic rings. The van der Waals surface area contributed by atoms with Crippen molar-refractivity contribution < 1.29 is 0 Å². The number of anilines is 1.